The van der Waals surface area contributed by atoms with E-state index in [1.807, 2.05) is 37.3 Å². The Morgan fingerprint density at radius 2 is 1.95 bits per heavy atom. The van der Waals surface area contributed by atoms with E-state index in [2.05, 4.69) is 30.4 Å². The summed E-state index contributed by atoms with van der Waals surface area (Å²) in [5.74, 6) is 2.12. The van der Waals surface area contributed by atoms with Crippen molar-refractivity contribution in [2.45, 2.75) is 19.6 Å². The van der Waals surface area contributed by atoms with Crippen LogP contribution in [0.1, 0.15) is 18.1 Å². The van der Waals surface area contributed by atoms with Gasteiger partial charge in [0.15, 0.2) is 0 Å². The van der Waals surface area contributed by atoms with Crippen molar-refractivity contribution in [1.29, 1.82) is 0 Å². The average Bonchev–Trinajstić information content (AvgIpc) is 2.50. The summed E-state index contributed by atoms with van der Waals surface area (Å²) in [6.07, 6.45) is 0. The van der Waals surface area contributed by atoms with E-state index in [1.54, 1.807) is 11.8 Å². The third-order valence-electron chi connectivity index (χ3n) is 3.03. The molecule has 0 saturated carbocycles. The van der Waals surface area contributed by atoms with Gasteiger partial charge in [0.25, 0.3) is 0 Å². The first-order valence-electron chi connectivity index (χ1n) is 7.33. The van der Waals surface area contributed by atoms with Crippen molar-refractivity contribution in [2.75, 3.05) is 17.7 Å². The lowest BCUT2D eigenvalue weighted by atomic mass is 10.2. The molecule has 2 aromatic rings. The van der Waals surface area contributed by atoms with E-state index in [4.69, 9.17) is 4.74 Å². The van der Waals surface area contributed by atoms with Gasteiger partial charge in [0.05, 0.1) is 12.4 Å². The van der Waals surface area contributed by atoms with E-state index in [9.17, 15) is 4.79 Å². The van der Waals surface area contributed by atoms with Gasteiger partial charge >= 0.3 is 0 Å². The van der Waals surface area contributed by atoms with Crippen LogP contribution in [0, 0.1) is 6.92 Å². The molecular formula is C18H21NO2S. The summed E-state index contributed by atoms with van der Waals surface area (Å²) in [5, 5.41) is 2.89. The molecule has 0 bridgehead atoms. The molecule has 0 heterocycles. The molecule has 2 aromatic carbocycles. The second-order valence-corrected chi connectivity index (χ2v) is 5.97. The highest BCUT2D eigenvalue weighted by Gasteiger charge is 2.03. The number of hydrogen-bond donors (Lipinski definition) is 1. The highest BCUT2D eigenvalue weighted by atomic mass is 32.2. The van der Waals surface area contributed by atoms with Gasteiger partial charge in [-0.25, -0.2) is 0 Å². The number of carbonyl (C=O) groups excluding carboxylic acids is 1. The molecule has 4 heteroatoms. The molecule has 0 spiro atoms. The van der Waals surface area contributed by atoms with E-state index >= 15 is 0 Å². The van der Waals surface area contributed by atoms with Crippen LogP contribution in [0.4, 0.5) is 5.69 Å². The number of rotatable bonds is 7. The fourth-order valence-corrected chi connectivity index (χ4v) is 2.84. The number of ether oxygens (including phenoxy) is 1. The van der Waals surface area contributed by atoms with Crippen LogP contribution >= 0.6 is 11.8 Å². The van der Waals surface area contributed by atoms with Crippen LogP contribution in [0.25, 0.3) is 0 Å². The van der Waals surface area contributed by atoms with Gasteiger partial charge in [-0.05, 0) is 43.7 Å². The number of hydrogen-bond acceptors (Lipinski definition) is 3. The third kappa shape index (κ3) is 5.45. The average molecular weight is 315 g/mol. The Bertz CT molecular complexity index is 611. The first-order chi connectivity index (χ1) is 10.7. The van der Waals surface area contributed by atoms with Crippen LogP contribution in [-0.2, 0) is 10.5 Å². The Hall–Kier alpha value is -1.94. The molecule has 0 aliphatic rings. The van der Waals surface area contributed by atoms with Gasteiger partial charge in [-0.2, -0.15) is 0 Å². The van der Waals surface area contributed by atoms with E-state index in [0.717, 1.165) is 17.2 Å². The van der Waals surface area contributed by atoms with Crippen molar-refractivity contribution in [3.8, 4) is 5.75 Å². The maximum Gasteiger partial charge on any atom is 0.234 e. The topological polar surface area (TPSA) is 38.3 Å². The number of benzene rings is 2. The third-order valence-corrected chi connectivity index (χ3v) is 4.04. The molecule has 0 fully saturated rings. The molecule has 2 rings (SSSR count). The van der Waals surface area contributed by atoms with Crippen molar-refractivity contribution < 1.29 is 9.53 Å². The Kier molecular flexibility index (Phi) is 6.34. The predicted molar refractivity (Wildman–Crippen MR) is 93.6 cm³/mol. The van der Waals surface area contributed by atoms with E-state index in [1.165, 1.54) is 11.1 Å². The Balaban J connectivity index is 1.75. The summed E-state index contributed by atoms with van der Waals surface area (Å²) >= 11 is 1.62. The summed E-state index contributed by atoms with van der Waals surface area (Å²) in [5.41, 5.74) is 3.29. The normalized spacial score (nSPS) is 10.3. The molecule has 0 radical (unpaired) electrons. The van der Waals surface area contributed by atoms with Crippen molar-refractivity contribution >= 4 is 23.4 Å². The highest BCUT2D eigenvalue weighted by Crippen LogP contribution is 2.17. The van der Waals surface area contributed by atoms with Crippen LogP contribution < -0.4 is 10.1 Å². The van der Waals surface area contributed by atoms with E-state index < -0.39 is 0 Å². The van der Waals surface area contributed by atoms with Crippen LogP contribution in [0.5, 0.6) is 5.75 Å². The van der Waals surface area contributed by atoms with Crippen molar-refractivity contribution in [2.24, 2.45) is 0 Å². The molecule has 0 aliphatic heterocycles. The largest absolute Gasteiger partial charge is 0.494 e. The molecular weight excluding hydrogens is 294 g/mol. The maximum absolute atomic E-state index is 11.9. The Morgan fingerprint density at radius 3 is 2.64 bits per heavy atom. The van der Waals surface area contributed by atoms with Gasteiger partial charge in [-0.3, -0.25) is 4.79 Å². The van der Waals surface area contributed by atoms with Gasteiger partial charge in [0, 0.05) is 11.4 Å². The minimum atomic E-state index is 0.0156. The minimum absolute atomic E-state index is 0.0156. The van der Waals surface area contributed by atoms with Crippen molar-refractivity contribution in [3.05, 3.63) is 59.7 Å². The van der Waals surface area contributed by atoms with Crippen LogP contribution in [0.2, 0.25) is 0 Å². The molecule has 3 nitrogen and oxygen atoms in total. The number of amides is 1. The minimum Gasteiger partial charge on any atom is -0.494 e. The fourth-order valence-electron chi connectivity index (χ4n) is 2.06. The quantitative estimate of drug-likeness (QED) is 0.829. The number of thioether (sulfide) groups is 1. The predicted octanol–water partition coefficient (Wildman–Crippen LogP) is 4.27. The molecule has 1 amide bonds. The summed E-state index contributed by atoms with van der Waals surface area (Å²) in [6, 6.07) is 15.8. The van der Waals surface area contributed by atoms with Gasteiger partial charge in [0.2, 0.25) is 5.91 Å². The summed E-state index contributed by atoms with van der Waals surface area (Å²) in [4.78, 5) is 11.9. The molecule has 0 aliphatic carbocycles. The zero-order valence-electron chi connectivity index (χ0n) is 13.0. The van der Waals surface area contributed by atoms with Crippen molar-refractivity contribution in [3.63, 3.8) is 0 Å². The summed E-state index contributed by atoms with van der Waals surface area (Å²) in [7, 11) is 0. The van der Waals surface area contributed by atoms with E-state index in [0.29, 0.717) is 12.4 Å². The van der Waals surface area contributed by atoms with E-state index in [-0.39, 0.29) is 5.91 Å². The second kappa shape index (κ2) is 8.49. The smallest absolute Gasteiger partial charge is 0.234 e. The lowest BCUT2D eigenvalue weighted by Gasteiger charge is -2.07. The van der Waals surface area contributed by atoms with Crippen molar-refractivity contribution in [1.82, 2.24) is 0 Å². The molecule has 0 atom stereocenters. The summed E-state index contributed by atoms with van der Waals surface area (Å²) in [6.45, 7) is 4.66. The Morgan fingerprint density at radius 1 is 1.18 bits per heavy atom. The van der Waals surface area contributed by atoms with Gasteiger partial charge in [-0.15, -0.1) is 11.8 Å². The van der Waals surface area contributed by atoms with Gasteiger partial charge in [-0.1, -0.05) is 29.8 Å². The molecule has 0 saturated heterocycles. The fraction of sp³-hybridized carbons (Fsp3) is 0.278. The number of aryl methyl sites for hydroxylation is 1. The van der Waals surface area contributed by atoms with Crippen LogP contribution in [0.3, 0.4) is 0 Å². The zero-order valence-corrected chi connectivity index (χ0v) is 13.8. The number of carbonyl (C=O) groups is 1. The maximum atomic E-state index is 11.9. The lowest BCUT2D eigenvalue weighted by molar-refractivity contribution is -0.113. The monoisotopic (exact) mass is 315 g/mol. The first-order valence-corrected chi connectivity index (χ1v) is 8.49. The molecule has 0 unspecified atom stereocenters. The molecule has 1 N–H and O–H groups in total. The number of anilines is 1. The molecule has 116 valence electrons. The van der Waals surface area contributed by atoms with Gasteiger partial charge in [0.1, 0.15) is 5.75 Å². The standard InChI is InChI=1S/C18H21NO2S/c1-3-21-17-9-7-16(8-10-17)19-18(20)13-22-12-15-6-4-5-14(2)11-15/h4-11H,3,12-13H2,1-2H3,(H,19,20). The first kappa shape index (κ1) is 16.4. The number of nitrogens with one attached hydrogen (secondary N) is 1. The second-order valence-electron chi connectivity index (χ2n) is 4.99. The zero-order chi connectivity index (χ0) is 15.8. The van der Waals surface area contributed by atoms with Crippen LogP contribution in [0.15, 0.2) is 48.5 Å². The summed E-state index contributed by atoms with van der Waals surface area (Å²) < 4.78 is 5.37. The van der Waals surface area contributed by atoms with Crippen LogP contribution in [-0.4, -0.2) is 18.3 Å². The Labute approximate surface area is 136 Å². The lowest BCUT2D eigenvalue weighted by Crippen LogP contribution is -2.14. The SMILES string of the molecule is CCOc1ccc(NC(=O)CSCc2cccc(C)c2)cc1. The highest BCUT2D eigenvalue weighted by molar-refractivity contribution is 7.99. The van der Waals surface area contributed by atoms with Gasteiger partial charge < -0.3 is 10.1 Å². The molecule has 22 heavy (non-hydrogen) atoms. The molecule has 0 aromatic heterocycles.